The van der Waals surface area contributed by atoms with Crippen LogP contribution in [0.3, 0.4) is 0 Å². The van der Waals surface area contributed by atoms with Crippen LogP contribution < -0.4 is 4.40 Å². The zero-order valence-corrected chi connectivity index (χ0v) is 50.1. The van der Waals surface area contributed by atoms with Gasteiger partial charge < -0.3 is 8.98 Å². The van der Waals surface area contributed by atoms with E-state index >= 15 is 0 Å². The summed E-state index contributed by atoms with van der Waals surface area (Å²) in [5.74, 6) is 9.26. The van der Waals surface area contributed by atoms with E-state index in [0.717, 1.165) is 90.9 Å². The van der Waals surface area contributed by atoms with Crippen molar-refractivity contribution < 1.29 is 24.5 Å². The van der Waals surface area contributed by atoms with Crippen LogP contribution in [-0.2, 0) is 32.9 Å². The summed E-state index contributed by atoms with van der Waals surface area (Å²) in [5, 5.41) is 3.08. The average Bonchev–Trinajstić information content (AvgIpc) is 3.89. The number of pyridine rings is 3. The Bertz CT molecular complexity index is 3600. The normalized spacial score (nSPS) is 12.1. The molecule has 0 aliphatic heterocycles. The van der Waals surface area contributed by atoms with Crippen LogP contribution in [0.4, 0.5) is 0 Å². The van der Waals surface area contributed by atoms with Crippen molar-refractivity contribution in [3.05, 3.63) is 167 Å². The zero-order valence-electron chi connectivity index (χ0n) is 45.6. The molecular formula is C65H71GeIrN5O-2. The van der Waals surface area contributed by atoms with E-state index in [1.807, 2.05) is 6.07 Å². The minimum absolute atomic E-state index is 0. The Labute approximate surface area is 450 Å². The standard InChI is InChI=1S/C45H43N4O.C20H28GeN.Ir/c1-26(2)36-23-31(29-13-10-9-11-14-29)24-37(27(3)4)40(36)49-41-38(22-19-30-18-17-28(5)46-39(30)41)48-43(49)35-16-12-15-33-34-21-20-32(25-45(6,7)8)47-44(34)50-42(33)35;1-14(2)10-17-12-20(22-13-19(17)21(5,6)7)18-9-8-15(3)11-16(18)4;/h9-15,17-24,26-27H,25H2,1-8H3;8,11-14H,10H2,1-7H3;/q2*-1;. The minimum atomic E-state index is -1.89. The van der Waals surface area contributed by atoms with Crippen molar-refractivity contribution in [2.45, 2.75) is 125 Å². The van der Waals surface area contributed by atoms with E-state index in [1.165, 1.54) is 38.9 Å². The van der Waals surface area contributed by atoms with E-state index in [-0.39, 0.29) is 37.4 Å². The van der Waals surface area contributed by atoms with Crippen LogP contribution in [0, 0.1) is 44.2 Å². The molecule has 0 spiro atoms. The Balaban J connectivity index is 0.000000260. The summed E-state index contributed by atoms with van der Waals surface area (Å²) in [6.07, 6.45) is 4.15. The van der Waals surface area contributed by atoms with Crippen molar-refractivity contribution >= 4 is 61.7 Å². The maximum atomic E-state index is 6.71. The third-order valence-electron chi connectivity index (χ3n) is 13.6. The first-order valence-corrected chi connectivity index (χ1v) is 33.2. The molecule has 73 heavy (non-hydrogen) atoms. The van der Waals surface area contributed by atoms with Crippen LogP contribution in [0.1, 0.15) is 113 Å². The summed E-state index contributed by atoms with van der Waals surface area (Å²) in [7, 11) is 0. The number of aromatic nitrogens is 5. The number of hydrogen-bond acceptors (Lipinski definition) is 5. The van der Waals surface area contributed by atoms with Crippen LogP contribution in [0.5, 0.6) is 0 Å². The van der Waals surface area contributed by atoms with E-state index in [2.05, 4.69) is 226 Å². The van der Waals surface area contributed by atoms with Crippen LogP contribution in [0.15, 0.2) is 120 Å². The van der Waals surface area contributed by atoms with Crippen molar-refractivity contribution in [3.63, 3.8) is 0 Å². The number of benzene rings is 5. The summed E-state index contributed by atoms with van der Waals surface area (Å²) < 4.78 is 10.6. The number of aryl methyl sites for hydroxylation is 3. The van der Waals surface area contributed by atoms with E-state index in [4.69, 9.17) is 24.4 Å². The number of imidazole rings is 1. The second-order valence-corrected chi connectivity index (χ2v) is 33.9. The van der Waals surface area contributed by atoms with E-state index in [9.17, 15) is 0 Å². The molecule has 0 bridgehead atoms. The fourth-order valence-electron chi connectivity index (χ4n) is 10.3. The molecule has 0 N–H and O–H groups in total. The van der Waals surface area contributed by atoms with Gasteiger partial charge in [-0.1, -0.05) is 102 Å². The van der Waals surface area contributed by atoms with E-state index < -0.39 is 13.3 Å². The third kappa shape index (κ3) is 11.2. The minimum Gasteiger partial charge on any atom is -0.486 e. The Hall–Kier alpha value is -5.73. The summed E-state index contributed by atoms with van der Waals surface area (Å²) >= 11 is -1.89. The molecule has 0 fully saturated rings. The SMILES string of the molecule is Cc1c[c-]c(-c2cc(CC(C)C)[c]([Ge]([CH3])([CH3])[CH3])cn2)c(C)c1.Cc1ccc2ccc3nc(-c4[c-]ccc5c4oc4nc(CC(C)(C)C)ccc45)n(-c4c(C(C)C)cc(-c5ccccc5)cc4C(C)C)c3c2n1.[Ir]. The number of rotatable bonds is 10. The monoisotopic (exact) mass is 1200 g/mol. The van der Waals surface area contributed by atoms with Gasteiger partial charge in [-0.3, -0.25) is 9.97 Å². The molecule has 5 aromatic carbocycles. The number of furan rings is 1. The van der Waals surface area contributed by atoms with Crippen molar-refractivity contribution in [3.8, 4) is 39.5 Å². The Morgan fingerprint density at radius 2 is 1.41 bits per heavy atom. The average molecular weight is 1200 g/mol. The number of hydrogen-bond donors (Lipinski definition) is 0. The predicted molar refractivity (Wildman–Crippen MR) is 307 cm³/mol. The second kappa shape index (κ2) is 21.2. The molecule has 8 heteroatoms. The topological polar surface area (TPSA) is 69.6 Å². The molecule has 0 aliphatic carbocycles. The molecule has 1 radical (unpaired) electrons. The van der Waals surface area contributed by atoms with Gasteiger partial charge in [0.25, 0.3) is 0 Å². The molecule has 0 saturated carbocycles. The molecule has 0 saturated heterocycles. The van der Waals surface area contributed by atoms with Crippen LogP contribution in [0.2, 0.25) is 17.3 Å². The molecule has 5 aromatic heterocycles. The fourth-order valence-corrected chi connectivity index (χ4v) is 13.6. The van der Waals surface area contributed by atoms with Gasteiger partial charge in [-0.2, -0.15) is 0 Å². The third-order valence-corrected chi connectivity index (χ3v) is 17.9. The van der Waals surface area contributed by atoms with Crippen LogP contribution in [0.25, 0.3) is 83.5 Å². The zero-order chi connectivity index (χ0) is 51.4. The molecule has 0 atom stereocenters. The van der Waals surface area contributed by atoms with Gasteiger partial charge in [-0.25, -0.2) is 4.98 Å². The van der Waals surface area contributed by atoms with Gasteiger partial charge in [0.15, 0.2) is 0 Å². The summed E-state index contributed by atoms with van der Waals surface area (Å²) in [6.45, 7) is 26.7. The van der Waals surface area contributed by atoms with Gasteiger partial charge in [0.05, 0.1) is 28.0 Å². The van der Waals surface area contributed by atoms with Crippen molar-refractivity contribution in [1.29, 1.82) is 0 Å². The fraction of sp³-hybridized carbons (Fsp3) is 0.323. The Morgan fingerprint density at radius 1 is 0.712 bits per heavy atom. The van der Waals surface area contributed by atoms with Crippen LogP contribution in [-0.4, -0.2) is 37.8 Å². The predicted octanol–water partition coefficient (Wildman–Crippen LogP) is 17.1. The first-order chi connectivity index (χ1) is 34.1. The summed E-state index contributed by atoms with van der Waals surface area (Å²) in [5.41, 5.74) is 19.4. The van der Waals surface area contributed by atoms with Gasteiger partial charge in [0.2, 0.25) is 5.71 Å². The molecule has 5 heterocycles. The van der Waals surface area contributed by atoms with Gasteiger partial charge >= 0.3 is 138 Å². The van der Waals surface area contributed by atoms with E-state index in [1.54, 1.807) is 4.40 Å². The molecule has 0 aliphatic rings. The quantitative estimate of drug-likeness (QED) is 0.101. The molecule has 377 valence electrons. The van der Waals surface area contributed by atoms with Gasteiger partial charge in [-0.05, 0) is 89.2 Å². The Kier molecular flexibility index (Phi) is 15.6. The first-order valence-electron chi connectivity index (χ1n) is 25.9. The smallest absolute Gasteiger partial charge is 0.216 e. The maximum Gasteiger partial charge on any atom is 0.216 e. The Morgan fingerprint density at radius 3 is 2.05 bits per heavy atom. The van der Waals surface area contributed by atoms with Crippen LogP contribution >= 0.6 is 0 Å². The molecule has 10 aromatic rings. The molecule has 0 amide bonds. The first kappa shape index (κ1) is 53.6. The van der Waals surface area contributed by atoms with Gasteiger partial charge in [-0.15, -0.1) is 18.2 Å². The number of nitrogens with zero attached hydrogens (tertiary/aromatic N) is 5. The van der Waals surface area contributed by atoms with Crippen molar-refractivity contribution in [1.82, 2.24) is 24.5 Å². The van der Waals surface area contributed by atoms with Crippen molar-refractivity contribution in [2.75, 3.05) is 0 Å². The van der Waals surface area contributed by atoms with Crippen molar-refractivity contribution in [2.24, 2.45) is 11.3 Å². The number of fused-ring (bicyclic) bond motifs is 6. The van der Waals surface area contributed by atoms with E-state index in [0.29, 0.717) is 11.6 Å². The van der Waals surface area contributed by atoms with Gasteiger partial charge in [0, 0.05) is 48.0 Å². The summed E-state index contributed by atoms with van der Waals surface area (Å²) in [4.78, 5) is 20.4. The summed E-state index contributed by atoms with van der Waals surface area (Å²) in [6, 6.07) is 45.8. The largest absolute Gasteiger partial charge is 0.486 e. The molecule has 0 unspecified atom stereocenters. The maximum absolute atomic E-state index is 6.71. The molecule has 6 nitrogen and oxygen atoms in total. The molecular weight excluding hydrogens is 1130 g/mol. The molecule has 10 rings (SSSR count). The second-order valence-electron chi connectivity index (χ2n) is 23.3. The van der Waals surface area contributed by atoms with Gasteiger partial charge in [0.1, 0.15) is 0 Å².